The largest absolute Gasteiger partial charge is 0.481 e. The van der Waals surface area contributed by atoms with Crippen LogP contribution in [0.5, 0.6) is 0 Å². The molecule has 0 aliphatic carbocycles. The van der Waals surface area contributed by atoms with Gasteiger partial charge in [-0.05, 0) is 35.4 Å². The van der Waals surface area contributed by atoms with Crippen molar-refractivity contribution in [1.82, 2.24) is 0 Å². The van der Waals surface area contributed by atoms with Crippen molar-refractivity contribution in [3.63, 3.8) is 0 Å². The fourth-order valence-electron chi connectivity index (χ4n) is 1.99. The second-order valence-corrected chi connectivity index (χ2v) is 5.26. The van der Waals surface area contributed by atoms with Gasteiger partial charge in [0.15, 0.2) is 0 Å². The van der Waals surface area contributed by atoms with Crippen molar-refractivity contribution >= 4 is 5.97 Å². The monoisotopic (exact) mass is 234 g/mol. The van der Waals surface area contributed by atoms with E-state index < -0.39 is 11.9 Å². The Morgan fingerprint density at radius 1 is 1.00 bits per heavy atom. The molecule has 0 aliphatic rings. The average Bonchev–Trinajstić information content (AvgIpc) is 2.26. The van der Waals surface area contributed by atoms with E-state index in [-0.39, 0.29) is 0 Å². The van der Waals surface area contributed by atoms with Crippen LogP contribution in [0.25, 0.3) is 0 Å². The van der Waals surface area contributed by atoms with E-state index in [9.17, 15) is 9.90 Å². The summed E-state index contributed by atoms with van der Waals surface area (Å²) in [7, 11) is 0. The summed E-state index contributed by atoms with van der Waals surface area (Å²) in [6.07, 6.45) is 0. The summed E-state index contributed by atoms with van der Waals surface area (Å²) in [5, 5.41) is 9.17. The van der Waals surface area contributed by atoms with Crippen molar-refractivity contribution in [3.05, 3.63) is 34.9 Å². The van der Waals surface area contributed by atoms with E-state index in [1.807, 2.05) is 0 Å². The van der Waals surface area contributed by atoms with Crippen LogP contribution in [-0.4, -0.2) is 11.1 Å². The minimum Gasteiger partial charge on any atom is -0.481 e. The molecule has 17 heavy (non-hydrogen) atoms. The molecule has 0 aliphatic heterocycles. The van der Waals surface area contributed by atoms with Gasteiger partial charge in [0.05, 0.1) is 5.92 Å². The Labute approximate surface area is 104 Å². The number of carboxylic acids is 1. The Hall–Kier alpha value is -1.31. The summed E-state index contributed by atoms with van der Waals surface area (Å²) >= 11 is 0. The lowest BCUT2D eigenvalue weighted by Gasteiger charge is -2.18. The summed E-state index contributed by atoms with van der Waals surface area (Å²) in [6, 6.07) is 6.24. The molecule has 1 atom stereocenters. The van der Waals surface area contributed by atoms with Crippen molar-refractivity contribution in [1.29, 1.82) is 0 Å². The summed E-state index contributed by atoms with van der Waals surface area (Å²) < 4.78 is 0. The Bertz CT molecular complexity index is 405. The van der Waals surface area contributed by atoms with Crippen LogP contribution in [0.4, 0.5) is 0 Å². The maximum absolute atomic E-state index is 11.2. The van der Waals surface area contributed by atoms with Gasteiger partial charge >= 0.3 is 5.97 Å². The molecule has 1 aromatic carbocycles. The van der Waals surface area contributed by atoms with Crippen molar-refractivity contribution in [2.24, 2.45) is 0 Å². The quantitative estimate of drug-likeness (QED) is 0.850. The van der Waals surface area contributed by atoms with E-state index in [0.29, 0.717) is 11.8 Å². The van der Waals surface area contributed by atoms with Gasteiger partial charge in [0.1, 0.15) is 0 Å². The number of carboxylic acid groups (broad SMARTS) is 1. The van der Waals surface area contributed by atoms with Gasteiger partial charge in [-0.25, -0.2) is 0 Å². The van der Waals surface area contributed by atoms with Gasteiger partial charge in [0.25, 0.3) is 0 Å². The fraction of sp³-hybridized carbons (Fsp3) is 0.533. The first-order valence-electron chi connectivity index (χ1n) is 6.21. The smallest absolute Gasteiger partial charge is 0.310 e. The molecule has 2 heteroatoms. The molecule has 0 amide bonds. The van der Waals surface area contributed by atoms with Crippen LogP contribution in [0, 0.1) is 0 Å². The second-order valence-electron chi connectivity index (χ2n) is 5.26. The minimum absolute atomic E-state index is 0.355. The number of benzene rings is 1. The highest BCUT2D eigenvalue weighted by Gasteiger charge is 2.19. The van der Waals surface area contributed by atoms with Crippen molar-refractivity contribution in [3.8, 4) is 0 Å². The number of aliphatic carboxylic acids is 1. The predicted molar refractivity (Wildman–Crippen MR) is 70.7 cm³/mol. The normalized spacial score (nSPS) is 13.1. The molecule has 0 heterocycles. The first kappa shape index (κ1) is 13.8. The number of carbonyl (C=O) groups is 1. The second kappa shape index (κ2) is 5.35. The van der Waals surface area contributed by atoms with Crippen LogP contribution < -0.4 is 0 Å². The van der Waals surface area contributed by atoms with E-state index in [0.717, 1.165) is 11.1 Å². The lowest BCUT2D eigenvalue weighted by atomic mass is 9.86. The summed E-state index contributed by atoms with van der Waals surface area (Å²) in [6.45, 7) is 10.2. The van der Waals surface area contributed by atoms with Gasteiger partial charge in [-0.3, -0.25) is 4.79 Å². The Balaban J connectivity index is 3.30. The topological polar surface area (TPSA) is 37.3 Å². The molecule has 0 fully saturated rings. The Morgan fingerprint density at radius 2 is 1.59 bits per heavy atom. The molecule has 0 saturated heterocycles. The van der Waals surface area contributed by atoms with Crippen LogP contribution in [0.3, 0.4) is 0 Å². The highest BCUT2D eigenvalue weighted by atomic mass is 16.4. The SMILES string of the molecule is CC(C)c1ccc(C(C)C)c(C(C)C(=O)O)c1. The molecule has 1 N–H and O–H groups in total. The third kappa shape index (κ3) is 3.09. The van der Waals surface area contributed by atoms with Gasteiger partial charge in [-0.1, -0.05) is 45.9 Å². The van der Waals surface area contributed by atoms with Gasteiger partial charge < -0.3 is 5.11 Å². The molecular formula is C15H22O2. The van der Waals surface area contributed by atoms with E-state index >= 15 is 0 Å². The molecule has 0 bridgehead atoms. The lowest BCUT2D eigenvalue weighted by molar-refractivity contribution is -0.138. The zero-order valence-corrected chi connectivity index (χ0v) is 11.3. The molecular weight excluding hydrogens is 212 g/mol. The maximum Gasteiger partial charge on any atom is 0.310 e. The van der Waals surface area contributed by atoms with Gasteiger partial charge in [0, 0.05) is 0 Å². The highest BCUT2D eigenvalue weighted by Crippen LogP contribution is 2.29. The number of hydrogen-bond donors (Lipinski definition) is 1. The van der Waals surface area contributed by atoms with Crippen LogP contribution in [0.15, 0.2) is 18.2 Å². The zero-order valence-electron chi connectivity index (χ0n) is 11.3. The molecule has 1 unspecified atom stereocenters. The standard InChI is InChI=1S/C15H22O2/c1-9(2)12-6-7-13(10(3)4)14(8-12)11(5)15(16)17/h6-11H,1-5H3,(H,16,17). The fourth-order valence-corrected chi connectivity index (χ4v) is 1.99. The van der Waals surface area contributed by atoms with Crippen LogP contribution in [-0.2, 0) is 4.79 Å². The summed E-state index contributed by atoms with van der Waals surface area (Å²) in [4.78, 5) is 11.2. The molecule has 0 spiro atoms. The molecule has 94 valence electrons. The number of hydrogen-bond acceptors (Lipinski definition) is 1. The first-order chi connectivity index (χ1) is 7.84. The van der Waals surface area contributed by atoms with E-state index in [2.05, 4.69) is 45.9 Å². The van der Waals surface area contributed by atoms with Gasteiger partial charge in [-0.2, -0.15) is 0 Å². The van der Waals surface area contributed by atoms with Crippen molar-refractivity contribution in [2.75, 3.05) is 0 Å². The van der Waals surface area contributed by atoms with Crippen molar-refractivity contribution < 1.29 is 9.90 Å². The van der Waals surface area contributed by atoms with Crippen LogP contribution in [0.1, 0.15) is 69.1 Å². The predicted octanol–water partition coefficient (Wildman–Crippen LogP) is 4.12. The van der Waals surface area contributed by atoms with Crippen LogP contribution in [0.2, 0.25) is 0 Å². The molecule has 0 saturated carbocycles. The molecule has 2 nitrogen and oxygen atoms in total. The molecule has 0 radical (unpaired) electrons. The third-order valence-electron chi connectivity index (χ3n) is 3.24. The zero-order chi connectivity index (χ0) is 13.2. The molecule has 1 aromatic rings. The summed E-state index contributed by atoms with van der Waals surface area (Å²) in [5.74, 6) is -0.414. The maximum atomic E-state index is 11.2. The summed E-state index contributed by atoms with van der Waals surface area (Å²) in [5.41, 5.74) is 3.31. The van der Waals surface area contributed by atoms with E-state index in [1.165, 1.54) is 5.56 Å². The molecule has 0 aromatic heterocycles. The third-order valence-corrected chi connectivity index (χ3v) is 3.24. The first-order valence-corrected chi connectivity index (χ1v) is 6.21. The van der Waals surface area contributed by atoms with Crippen LogP contribution >= 0.6 is 0 Å². The van der Waals surface area contributed by atoms with E-state index in [4.69, 9.17) is 0 Å². The van der Waals surface area contributed by atoms with E-state index in [1.54, 1.807) is 6.92 Å². The Morgan fingerprint density at radius 3 is 2.00 bits per heavy atom. The van der Waals surface area contributed by atoms with Gasteiger partial charge in [0.2, 0.25) is 0 Å². The number of rotatable bonds is 4. The Kier molecular flexibility index (Phi) is 4.33. The highest BCUT2D eigenvalue weighted by molar-refractivity contribution is 5.76. The molecule has 1 rings (SSSR count). The minimum atomic E-state index is -0.757. The van der Waals surface area contributed by atoms with Crippen molar-refractivity contribution in [2.45, 2.75) is 52.4 Å². The average molecular weight is 234 g/mol. The lowest BCUT2D eigenvalue weighted by Crippen LogP contribution is -2.11. The van der Waals surface area contributed by atoms with Gasteiger partial charge in [-0.15, -0.1) is 0 Å².